The van der Waals surface area contributed by atoms with Gasteiger partial charge >= 0.3 is 14.7 Å². The largest absolute Gasteiger partial charge is 1.00 e. The van der Waals surface area contributed by atoms with E-state index in [0.717, 1.165) is 6.54 Å². The van der Waals surface area contributed by atoms with Gasteiger partial charge < -0.3 is 20.0 Å². The van der Waals surface area contributed by atoms with Gasteiger partial charge in [-0.1, -0.05) is 0 Å². The van der Waals surface area contributed by atoms with Gasteiger partial charge in [-0.25, -0.2) is 4.57 Å². The minimum absolute atomic E-state index is 0. The molecule has 0 aromatic carbocycles. The fourth-order valence-corrected chi connectivity index (χ4v) is 1.01. The summed E-state index contributed by atoms with van der Waals surface area (Å²) in [6.45, 7) is 1.05. The van der Waals surface area contributed by atoms with Gasteiger partial charge in [-0.2, -0.15) is 0 Å². The number of rotatable bonds is 5. The summed E-state index contributed by atoms with van der Waals surface area (Å²) in [7, 11) is -0.825. The molecule has 0 saturated carbocycles. The molecule has 3 N–H and O–H groups in total. The Balaban J connectivity index is 0. The maximum Gasteiger partial charge on any atom is 1.00 e. The molecule has 78 valence electrons. The lowest BCUT2D eigenvalue weighted by atomic mass is 10.4. The zero-order valence-corrected chi connectivity index (χ0v) is 8.62. The Hall–Kier alpha value is -0.420. The van der Waals surface area contributed by atoms with Gasteiger partial charge in [0.2, 0.25) is 0 Å². The standard InChI is InChI=1S/C6H15N2O4P/c1-8(2)5-3-4-7-6(9)13(10,11)12/h3-5H2,1-2H3,(H,7,9)(H2,10,11,12)/p+1. The average molecular weight is 211 g/mol. The van der Waals surface area contributed by atoms with Crippen molar-refractivity contribution < 1.29 is 20.6 Å². The summed E-state index contributed by atoms with van der Waals surface area (Å²) in [6, 6.07) is 0. The van der Waals surface area contributed by atoms with Crippen LogP contribution in [0, 0.1) is 0 Å². The molecule has 0 aromatic heterocycles. The number of nitrogens with zero attached hydrogens (tertiary/aromatic N) is 1. The fraction of sp³-hybridized carbons (Fsp3) is 0.833. The monoisotopic (exact) mass is 211 g/mol. The van der Waals surface area contributed by atoms with Gasteiger partial charge in [-0.15, -0.1) is 0 Å². The third kappa shape index (κ3) is 6.72. The molecule has 6 nitrogen and oxygen atoms in total. The van der Waals surface area contributed by atoms with Gasteiger partial charge in [0.05, 0.1) is 0 Å². The molecule has 1 amide bonds. The molecule has 0 radical (unpaired) electrons. The zero-order chi connectivity index (χ0) is 10.5. The van der Waals surface area contributed by atoms with Crippen LogP contribution in [-0.2, 0) is 4.57 Å². The number of nitrogens with one attached hydrogen (secondary N) is 1. The Kier molecular flexibility index (Phi) is 5.17. The van der Waals surface area contributed by atoms with Gasteiger partial charge in [-0.05, 0) is 27.1 Å². The van der Waals surface area contributed by atoms with E-state index in [2.05, 4.69) is 5.32 Å². The van der Waals surface area contributed by atoms with Crippen molar-refractivity contribution in [2.45, 2.75) is 6.42 Å². The second kappa shape index (κ2) is 5.34. The van der Waals surface area contributed by atoms with Crippen LogP contribution in [0.1, 0.15) is 7.85 Å². The second-order valence-corrected chi connectivity index (χ2v) is 4.43. The molecular weight excluding hydrogens is 195 g/mol. The van der Waals surface area contributed by atoms with E-state index in [-0.39, 0.29) is 7.97 Å². The minimum Gasteiger partial charge on any atom is -0.346 e. The summed E-state index contributed by atoms with van der Waals surface area (Å²) in [4.78, 5) is 29.3. The Morgan fingerprint density at radius 3 is 2.46 bits per heavy atom. The quantitative estimate of drug-likeness (QED) is 0.437. The molecule has 0 aliphatic rings. The van der Waals surface area contributed by atoms with E-state index < -0.39 is 13.2 Å². The van der Waals surface area contributed by atoms with E-state index >= 15 is 0 Å². The first-order chi connectivity index (χ1) is 5.84. The fourth-order valence-electron chi connectivity index (χ4n) is 0.694. The van der Waals surface area contributed by atoms with Crippen molar-refractivity contribution in [1.29, 1.82) is 0 Å². The van der Waals surface area contributed by atoms with Crippen molar-refractivity contribution in [2.24, 2.45) is 0 Å². The summed E-state index contributed by atoms with van der Waals surface area (Å²) in [5, 5.41) is 2.15. The first-order valence-corrected chi connectivity index (χ1v) is 5.44. The third-order valence-electron chi connectivity index (χ3n) is 1.32. The predicted molar refractivity (Wildman–Crippen MR) is 49.7 cm³/mol. The number of carbonyl (C=O) groups is 1. The maximum atomic E-state index is 10.6. The van der Waals surface area contributed by atoms with Crippen molar-refractivity contribution >= 4 is 13.2 Å². The molecule has 0 unspecified atom stereocenters. The predicted octanol–water partition coefficient (Wildman–Crippen LogP) is -0.0621. The van der Waals surface area contributed by atoms with Crippen molar-refractivity contribution in [3.63, 3.8) is 0 Å². The Morgan fingerprint density at radius 1 is 1.54 bits per heavy atom. The van der Waals surface area contributed by atoms with E-state index in [1.807, 2.05) is 19.0 Å². The molecule has 13 heavy (non-hydrogen) atoms. The maximum absolute atomic E-state index is 10.6. The molecule has 0 spiro atoms. The highest BCUT2D eigenvalue weighted by Crippen LogP contribution is 2.34. The average Bonchev–Trinajstić information content (AvgIpc) is 1.95. The molecule has 7 heteroatoms. The number of hydrogen-bond donors (Lipinski definition) is 3. The topological polar surface area (TPSA) is 89.9 Å². The molecule has 0 bridgehead atoms. The van der Waals surface area contributed by atoms with Gasteiger partial charge in [0, 0.05) is 6.54 Å². The molecule has 0 aliphatic carbocycles. The highest BCUT2D eigenvalue weighted by molar-refractivity contribution is 7.69. The van der Waals surface area contributed by atoms with E-state index in [4.69, 9.17) is 9.79 Å². The Morgan fingerprint density at radius 2 is 2.08 bits per heavy atom. The zero-order valence-electron chi connectivity index (χ0n) is 8.73. The first kappa shape index (κ1) is 12.6. The van der Waals surface area contributed by atoms with Crippen molar-refractivity contribution in [3.8, 4) is 0 Å². The van der Waals surface area contributed by atoms with Gasteiger partial charge in [0.15, 0.2) is 0 Å². The molecule has 0 aromatic rings. The molecule has 0 atom stereocenters. The number of amides is 1. The first-order valence-electron chi connectivity index (χ1n) is 3.82. The summed E-state index contributed by atoms with van der Waals surface area (Å²) >= 11 is 0. The highest BCUT2D eigenvalue weighted by Gasteiger charge is 2.24. The van der Waals surface area contributed by atoms with Gasteiger partial charge in [0.1, 0.15) is 0 Å². The third-order valence-corrected chi connectivity index (χ3v) is 2.01. The second-order valence-electron chi connectivity index (χ2n) is 2.93. The lowest BCUT2D eigenvalue weighted by Crippen LogP contribution is -2.25. The van der Waals surface area contributed by atoms with Crippen LogP contribution >= 0.6 is 7.60 Å². The van der Waals surface area contributed by atoms with Crippen LogP contribution in [0.3, 0.4) is 0 Å². The Bertz CT molecular complexity index is 218. The smallest absolute Gasteiger partial charge is 0.346 e. The van der Waals surface area contributed by atoms with Crippen molar-refractivity contribution in [2.75, 3.05) is 27.2 Å². The lowest BCUT2D eigenvalue weighted by molar-refractivity contribution is 0.248. The van der Waals surface area contributed by atoms with E-state index in [9.17, 15) is 9.36 Å². The molecule has 0 heterocycles. The van der Waals surface area contributed by atoms with E-state index in [1.54, 1.807) is 0 Å². The normalized spacial score (nSPS) is 11.8. The van der Waals surface area contributed by atoms with Gasteiger partial charge in [-0.3, -0.25) is 4.79 Å². The van der Waals surface area contributed by atoms with Crippen LogP contribution in [0.15, 0.2) is 0 Å². The minimum atomic E-state index is -4.58. The van der Waals surface area contributed by atoms with Crippen LogP contribution in [0.2, 0.25) is 0 Å². The number of carbonyl (C=O) groups excluding carboxylic acids is 1. The molecule has 0 fully saturated rings. The van der Waals surface area contributed by atoms with Crippen LogP contribution in [0.5, 0.6) is 0 Å². The highest BCUT2D eigenvalue weighted by atomic mass is 31.2. The summed E-state index contributed by atoms with van der Waals surface area (Å²) in [5.74, 6) is 0. The summed E-state index contributed by atoms with van der Waals surface area (Å²) in [5.41, 5.74) is -1.20. The molecule has 0 rings (SSSR count). The van der Waals surface area contributed by atoms with Crippen LogP contribution in [0.25, 0.3) is 0 Å². The van der Waals surface area contributed by atoms with Crippen LogP contribution in [-0.4, -0.2) is 47.5 Å². The van der Waals surface area contributed by atoms with Crippen LogP contribution < -0.4 is 5.32 Å². The van der Waals surface area contributed by atoms with Crippen molar-refractivity contribution in [1.82, 2.24) is 10.2 Å². The van der Waals surface area contributed by atoms with E-state index in [1.165, 1.54) is 0 Å². The lowest BCUT2D eigenvalue weighted by Gasteiger charge is -2.09. The number of hydrogen-bond acceptors (Lipinski definition) is 3. The van der Waals surface area contributed by atoms with E-state index in [0.29, 0.717) is 6.42 Å². The summed E-state index contributed by atoms with van der Waals surface area (Å²) in [6.07, 6.45) is 0.665. The van der Waals surface area contributed by atoms with Gasteiger partial charge in [0.25, 0.3) is 0 Å². The van der Waals surface area contributed by atoms with Crippen LogP contribution in [0.4, 0.5) is 4.79 Å². The summed E-state index contributed by atoms with van der Waals surface area (Å²) < 4.78 is 10.3. The Labute approximate surface area is 78.6 Å². The van der Waals surface area contributed by atoms with Crippen molar-refractivity contribution in [3.05, 3.63) is 0 Å². The SMILES string of the molecule is CN(C)CCCNC(=O)P(=O)(O)O.[H+]. The molecule has 0 aliphatic heterocycles. The molecule has 0 saturated heterocycles. The molecular formula is C6H16N2O4P+.